The minimum atomic E-state index is -5.30. The summed E-state index contributed by atoms with van der Waals surface area (Å²) < 4.78 is 74.6. The molecule has 0 fully saturated rings. The third-order valence-corrected chi connectivity index (χ3v) is 4.85. The molecule has 0 bridgehead atoms. The highest BCUT2D eigenvalue weighted by atomic mass is 79.9. The van der Waals surface area contributed by atoms with Crippen molar-refractivity contribution in [2.45, 2.75) is 25.9 Å². The lowest BCUT2D eigenvalue weighted by molar-refractivity contribution is -0.201. The van der Waals surface area contributed by atoms with Gasteiger partial charge in [0.25, 0.3) is 5.56 Å². The van der Waals surface area contributed by atoms with E-state index in [1.807, 2.05) is 0 Å². The van der Waals surface area contributed by atoms with Crippen molar-refractivity contribution >= 4 is 21.9 Å². The molecule has 3 rings (SSSR count). The molecule has 0 aliphatic carbocycles. The smallest absolute Gasteiger partial charge is 0.472 e. The summed E-state index contributed by atoms with van der Waals surface area (Å²) in [5.41, 5.74) is -1.58. The molecule has 3 aromatic rings. The Morgan fingerprint density at radius 2 is 1.88 bits per heavy atom. The van der Waals surface area contributed by atoms with Crippen molar-refractivity contribution in [1.29, 1.82) is 0 Å². The Morgan fingerprint density at radius 1 is 1.15 bits per heavy atom. The van der Waals surface area contributed by atoms with E-state index in [2.05, 4.69) is 35.6 Å². The van der Waals surface area contributed by atoms with Crippen LogP contribution in [0.25, 0.3) is 0 Å². The number of hydrogen-bond donors (Lipinski definition) is 1. The molecule has 2 heterocycles. The summed E-state index contributed by atoms with van der Waals surface area (Å²) in [4.78, 5) is 45.1. The van der Waals surface area contributed by atoms with E-state index in [-0.39, 0.29) is 22.3 Å². The van der Waals surface area contributed by atoms with E-state index in [9.17, 15) is 36.3 Å². The number of carbonyl (C=O) groups excluding carboxylic acids is 1. The predicted octanol–water partition coefficient (Wildman–Crippen LogP) is 2.60. The second-order valence-electron chi connectivity index (χ2n) is 6.54. The van der Waals surface area contributed by atoms with E-state index in [0.29, 0.717) is 6.07 Å². The fourth-order valence-electron chi connectivity index (χ4n) is 2.59. The first-order valence-electron chi connectivity index (χ1n) is 9.10. The van der Waals surface area contributed by atoms with Crippen molar-refractivity contribution in [3.05, 3.63) is 84.5 Å². The zero-order chi connectivity index (χ0) is 25.0. The number of H-pyrrole nitrogens is 1. The van der Waals surface area contributed by atoms with Crippen LogP contribution in [0.3, 0.4) is 0 Å². The highest BCUT2D eigenvalue weighted by Crippen LogP contribution is 2.23. The Balaban J connectivity index is 1.97. The number of rotatable bonds is 7. The van der Waals surface area contributed by atoms with Crippen LogP contribution < -0.4 is 16.0 Å². The zero-order valence-corrected chi connectivity index (χ0v) is 18.2. The van der Waals surface area contributed by atoms with Gasteiger partial charge in [-0.25, -0.2) is 23.4 Å². The first-order chi connectivity index (χ1) is 16.0. The molecule has 1 N–H and O–H groups in total. The average Bonchev–Trinajstić information content (AvgIpc) is 2.76. The van der Waals surface area contributed by atoms with E-state index in [0.717, 1.165) is 22.9 Å². The highest BCUT2D eigenvalue weighted by Gasteiger charge is 2.41. The fourth-order valence-corrected chi connectivity index (χ4v) is 3.01. The molecule has 34 heavy (non-hydrogen) atoms. The number of benzene rings is 1. The van der Waals surface area contributed by atoms with Crippen molar-refractivity contribution in [3.8, 4) is 5.88 Å². The molecule has 0 radical (unpaired) electrons. The molecule has 0 unspecified atom stereocenters. The number of esters is 1. The summed E-state index contributed by atoms with van der Waals surface area (Å²) >= 11 is 2.96. The maximum atomic E-state index is 13.9. The molecule has 180 valence electrons. The summed E-state index contributed by atoms with van der Waals surface area (Å²) in [6, 6.07) is 4.00. The SMILES string of the molecule is O=C(OCc1nc(OCc2ccc(F)cc2F)c(Br)c(=O)n1Cc1ccnc(=O)[nH]1)C(F)(F)F. The van der Waals surface area contributed by atoms with E-state index in [1.54, 1.807) is 0 Å². The molecule has 0 saturated carbocycles. The fraction of sp³-hybridized carbons (Fsp3) is 0.211. The molecule has 0 aliphatic rings. The Hall–Kier alpha value is -3.62. The monoisotopic (exact) mass is 550 g/mol. The minimum Gasteiger partial charge on any atom is -0.472 e. The van der Waals surface area contributed by atoms with Gasteiger partial charge in [-0.1, -0.05) is 0 Å². The molecule has 0 spiro atoms. The molecule has 0 saturated heterocycles. The number of alkyl halides is 3. The van der Waals surface area contributed by atoms with Gasteiger partial charge in [-0.3, -0.25) is 9.36 Å². The number of halogens is 6. The number of nitrogens with zero attached hydrogens (tertiary/aromatic N) is 3. The second-order valence-corrected chi connectivity index (χ2v) is 7.33. The number of hydrogen-bond acceptors (Lipinski definition) is 7. The number of carbonyl (C=O) groups is 1. The van der Waals surface area contributed by atoms with E-state index >= 15 is 0 Å². The van der Waals surface area contributed by atoms with Crippen LogP contribution in [0.4, 0.5) is 22.0 Å². The summed E-state index contributed by atoms with van der Waals surface area (Å²) in [7, 11) is 0. The largest absolute Gasteiger partial charge is 0.490 e. The van der Waals surface area contributed by atoms with Gasteiger partial charge < -0.3 is 14.5 Å². The van der Waals surface area contributed by atoms with Crippen LogP contribution in [-0.2, 0) is 29.3 Å². The predicted molar refractivity (Wildman–Crippen MR) is 107 cm³/mol. The van der Waals surface area contributed by atoms with E-state index in [4.69, 9.17) is 4.74 Å². The van der Waals surface area contributed by atoms with Gasteiger partial charge in [0, 0.05) is 23.5 Å². The van der Waals surface area contributed by atoms with Gasteiger partial charge in [-0.2, -0.15) is 18.2 Å². The number of nitrogens with one attached hydrogen (secondary N) is 1. The zero-order valence-electron chi connectivity index (χ0n) is 16.7. The van der Waals surface area contributed by atoms with Gasteiger partial charge >= 0.3 is 17.8 Å². The first-order valence-corrected chi connectivity index (χ1v) is 9.89. The Morgan fingerprint density at radius 3 is 2.53 bits per heavy atom. The number of aromatic amines is 1. The molecule has 15 heteroatoms. The maximum Gasteiger partial charge on any atom is 0.490 e. The van der Waals surface area contributed by atoms with E-state index in [1.165, 1.54) is 6.07 Å². The molecular weight excluding hydrogens is 539 g/mol. The number of aromatic nitrogens is 4. The van der Waals surface area contributed by atoms with Crippen LogP contribution in [0.2, 0.25) is 0 Å². The van der Waals surface area contributed by atoms with Crippen LogP contribution in [-0.4, -0.2) is 31.7 Å². The lowest BCUT2D eigenvalue weighted by Crippen LogP contribution is -2.31. The van der Waals surface area contributed by atoms with Crippen molar-refractivity contribution < 1.29 is 36.2 Å². The molecule has 0 atom stereocenters. The topological polar surface area (TPSA) is 116 Å². The quantitative estimate of drug-likeness (QED) is 0.355. The summed E-state index contributed by atoms with van der Waals surface area (Å²) in [6.07, 6.45) is -4.16. The minimum absolute atomic E-state index is 0.0984. The molecule has 2 aromatic heterocycles. The second kappa shape index (κ2) is 10.1. The lowest BCUT2D eigenvalue weighted by Gasteiger charge is -2.16. The highest BCUT2D eigenvalue weighted by molar-refractivity contribution is 9.10. The van der Waals surface area contributed by atoms with Gasteiger partial charge in [-0.15, -0.1) is 0 Å². The lowest BCUT2D eigenvalue weighted by atomic mass is 10.2. The average molecular weight is 551 g/mol. The van der Waals surface area contributed by atoms with Crippen molar-refractivity contribution in [1.82, 2.24) is 19.5 Å². The van der Waals surface area contributed by atoms with Crippen LogP contribution >= 0.6 is 15.9 Å². The van der Waals surface area contributed by atoms with Gasteiger partial charge in [0.05, 0.1) is 6.54 Å². The Bertz CT molecular complexity index is 1340. The standard InChI is InChI=1S/C19H12BrF5N4O5/c20-14-15(33-7-9-1-2-10(21)5-12(9)22)28-13(8-34-17(31)19(23,24)25)29(16(14)30)6-11-3-4-26-18(32)27-11/h1-5H,6-8H2,(H,26,27,32). The van der Waals surface area contributed by atoms with Crippen molar-refractivity contribution in [3.63, 3.8) is 0 Å². The third-order valence-electron chi connectivity index (χ3n) is 4.17. The Kier molecular flexibility index (Phi) is 7.44. The normalized spacial score (nSPS) is 11.4. The van der Waals surface area contributed by atoms with Gasteiger partial charge in [0.15, 0.2) is 5.82 Å². The molecule has 1 aromatic carbocycles. The van der Waals surface area contributed by atoms with Crippen molar-refractivity contribution in [2.75, 3.05) is 0 Å². The molecular formula is C19H12BrF5N4O5. The van der Waals surface area contributed by atoms with Gasteiger partial charge in [0.2, 0.25) is 5.88 Å². The molecule has 0 aliphatic heterocycles. The third kappa shape index (κ3) is 6.03. The van der Waals surface area contributed by atoms with Crippen LogP contribution in [0, 0.1) is 11.6 Å². The first kappa shape index (κ1) is 25.0. The summed E-state index contributed by atoms with van der Waals surface area (Å²) in [6.45, 7) is -1.98. The van der Waals surface area contributed by atoms with Gasteiger partial charge in [0.1, 0.15) is 29.3 Å². The van der Waals surface area contributed by atoms with Crippen LogP contribution in [0.1, 0.15) is 17.1 Å². The van der Waals surface area contributed by atoms with Gasteiger partial charge in [-0.05, 0) is 34.1 Å². The molecule has 0 amide bonds. The summed E-state index contributed by atoms with van der Waals surface area (Å²) in [5, 5.41) is 0. The molecule has 9 nitrogen and oxygen atoms in total. The van der Waals surface area contributed by atoms with E-state index < -0.39 is 59.9 Å². The van der Waals surface area contributed by atoms with Crippen LogP contribution in [0.15, 0.2) is 44.5 Å². The Labute approximate surface area is 194 Å². The number of ether oxygens (including phenoxy) is 2. The maximum absolute atomic E-state index is 13.9. The summed E-state index contributed by atoms with van der Waals surface area (Å²) in [5.74, 6) is -5.22. The van der Waals surface area contributed by atoms with Crippen molar-refractivity contribution in [2.24, 2.45) is 0 Å². The van der Waals surface area contributed by atoms with Crippen LogP contribution in [0.5, 0.6) is 5.88 Å².